The zero-order valence-corrected chi connectivity index (χ0v) is 9.95. The van der Waals surface area contributed by atoms with E-state index in [1.54, 1.807) is 6.26 Å². The molecule has 0 aliphatic carbocycles. The van der Waals surface area contributed by atoms with E-state index in [9.17, 15) is 0 Å². The van der Waals surface area contributed by atoms with Crippen LogP contribution < -0.4 is 5.32 Å². The summed E-state index contributed by atoms with van der Waals surface area (Å²) in [6, 6.07) is 4.25. The van der Waals surface area contributed by atoms with E-state index in [4.69, 9.17) is 9.15 Å². The summed E-state index contributed by atoms with van der Waals surface area (Å²) in [7, 11) is 0. The van der Waals surface area contributed by atoms with Gasteiger partial charge in [0.1, 0.15) is 5.76 Å². The van der Waals surface area contributed by atoms with Gasteiger partial charge >= 0.3 is 0 Å². The molecule has 2 heterocycles. The SMILES string of the molecule is CC(NCCCC1CCCO1)c1ccco1. The molecule has 1 aromatic heterocycles. The van der Waals surface area contributed by atoms with Crippen LogP contribution in [0.5, 0.6) is 0 Å². The molecule has 2 atom stereocenters. The zero-order chi connectivity index (χ0) is 11.2. The van der Waals surface area contributed by atoms with Crippen molar-refractivity contribution in [3.8, 4) is 0 Å². The Kier molecular flexibility index (Phi) is 4.43. The van der Waals surface area contributed by atoms with Crippen molar-refractivity contribution in [2.24, 2.45) is 0 Å². The largest absolute Gasteiger partial charge is 0.468 e. The maximum atomic E-state index is 5.59. The minimum Gasteiger partial charge on any atom is -0.468 e. The molecule has 0 aromatic carbocycles. The smallest absolute Gasteiger partial charge is 0.120 e. The van der Waals surface area contributed by atoms with Crippen molar-refractivity contribution < 1.29 is 9.15 Å². The summed E-state index contributed by atoms with van der Waals surface area (Å²) in [6.07, 6.45) is 7.07. The summed E-state index contributed by atoms with van der Waals surface area (Å²) in [5.74, 6) is 1.01. The molecule has 0 saturated carbocycles. The van der Waals surface area contributed by atoms with Crippen molar-refractivity contribution >= 4 is 0 Å². The quantitative estimate of drug-likeness (QED) is 0.753. The van der Waals surface area contributed by atoms with Crippen LogP contribution in [0, 0.1) is 0 Å². The van der Waals surface area contributed by atoms with Crippen LogP contribution in [0.25, 0.3) is 0 Å². The highest BCUT2D eigenvalue weighted by molar-refractivity contribution is 5.02. The van der Waals surface area contributed by atoms with Gasteiger partial charge in [0.2, 0.25) is 0 Å². The van der Waals surface area contributed by atoms with Crippen LogP contribution in [0.3, 0.4) is 0 Å². The lowest BCUT2D eigenvalue weighted by Crippen LogP contribution is -2.20. The zero-order valence-electron chi connectivity index (χ0n) is 9.95. The van der Waals surface area contributed by atoms with Crippen LogP contribution >= 0.6 is 0 Å². The second-order valence-electron chi connectivity index (χ2n) is 4.47. The Morgan fingerprint density at radius 3 is 3.19 bits per heavy atom. The highest BCUT2D eigenvalue weighted by atomic mass is 16.5. The first-order chi connectivity index (χ1) is 7.86. The highest BCUT2D eigenvalue weighted by Gasteiger charge is 2.14. The molecule has 1 N–H and O–H groups in total. The number of hydrogen-bond donors (Lipinski definition) is 1. The van der Waals surface area contributed by atoms with Crippen molar-refractivity contribution in [1.29, 1.82) is 0 Å². The standard InChI is InChI=1S/C13H21NO2/c1-11(13-7-4-10-16-13)14-8-2-5-12-6-3-9-15-12/h4,7,10-12,14H,2-3,5-6,8-9H2,1H3. The average molecular weight is 223 g/mol. The number of hydrogen-bond acceptors (Lipinski definition) is 3. The van der Waals surface area contributed by atoms with E-state index in [1.165, 1.54) is 25.7 Å². The van der Waals surface area contributed by atoms with E-state index in [1.807, 2.05) is 12.1 Å². The fourth-order valence-corrected chi connectivity index (χ4v) is 2.16. The van der Waals surface area contributed by atoms with Gasteiger partial charge in [0.15, 0.2) is 0 Å². The summed E-state index contributed by atoms with van der Waals surface area (Å²) < 4.78 is 10.9. The maximum Gasteiger partial charge on any atom is 0.120 e. The fraction of sp³-hybridized carbons (Fsp3) is 0.692. The third kappa shape index (κ3) is 3.35. The second-order valence-corrected chi connectivity index (χ2v) is 4.47. The van der Waals surface area contributed by atoms with Gasteiger partial charge in [-0.3, -0.25) is 0 Å². The molecule has 1 aliphatic rings. The molecule has 0 bridgehead atoms. The van der Waals surface area contributed by atoms with Gasteiger partial charge in [-0.25, -0.2) is 0 Å². The van der Waals surface area contributed by atoms with Crippen molar-refractivity contribution in [2.75, 3.05) is 13.2 Å². The van der Waals surface area contributed by atoms with Crippen LogP contribution in [0.2, 0.25) is 0 Å². The van der Waals surface area contributed by atoms with Gasteiger partial charge in [-0.05, 0) is 51.3 Å². The first kappa shape index (κ1) is 11.7. The summed E-state index contributed by atoms with van der Waals surface area (Å²) in [5.41, 5.74) is 0. The molecular weight excluding hydrogens is 202 g/mol. The first-order valence-electron chi connectivity index (χ1n) is 6.24. The van der Waals surface area contributed by atoms with Gasteiger partial charge in [0, 0.05) is 6.61 Å². The molecular formula is C13H21NO2. The van der Waals surface area contributed by atoms with Crippen molar-refractivity contribution in [3.63, 3.8) is 0 Å². The molecule has 3 nitrogen and oxygen atoms in total. The van der Waals surface area contributed by atoms with Crippen molar-refractivity contribution in [2.45, 2.75) is 44.8 Å². The van der Waals surface area contributed by atoms with Crippen LogP contribution in [0.4, 0.5) is 0 Å². The Bertz CT molecular complexity index is 278. The predicted octanol–water partition coefficient (Wildman–Crippen LogP) is 2.89. The molecule has 1 saturated heterocycles. The molecule has 2 rings (SSSR count). The van der Waals surface area contributed by atoms with E-state index in [0.717, 1.165) is 18.9 Å². The maximum absolute atomic E-state index is 5.59. The number of rotatable bonds is 6. The molecule has 90 valence electrons. The van der Waals surface area contributed by atoms with Crippen LogP contribution in [0.1, 0.15) is 44.4 Å². The lowest BCUT2D eigenvalue weighted by molar-refractivity contribution is 0.102. The van der Waals surface area contributed by atoms with E-state index >= 15 is 0 Å². The van der Waals surface area contributed by atoms with Gasteiger partial charge in [-0.1, -0.05) is 0 Å². The Balaban J connectivity index is 1.57. The van der Waals surface area contributed by atoms with E-state index in [2.05, 4.69) is 12.2 Å². The van der Waals surface area contributed by atoms with Gasteiger partial charge in [-0.15, -0.1) is 0 Å². The third-order valence-corrected chi connectivity index (χ3v) is 3.15. The van der Waals surface area contributed by atoms with Crippen LogP contribution in [-0.4, -0.2) is 19.3 Å². The molecule has 1 aromatic rings. The van der Waals surface area contributed by atoms with Crippen molar-refractivity contribution in [3.05, 3.63) is 24.2 Å². The van der Waals surface area contributed by atoms with Crippen LogP contribution in [0.15, 0.2) is 22.8 Å². The van der Waals surface area contributed by atoms with Crippen LogP contribution in [-0.2, 0) is 4.74 Å². The molecule has 2 unspecified atom stereocenters. The first-order valence-corrected chi connectivity index (χ1v) is 6.24. The van der Waals surface area contributed by atoms with E-state index in [0.29, 0.717) is 12.1 Å². The molecule has 3 heteroatoms. The molecule has 1 fully saturated rings. The molecule has 0 amide bonds. The summed E-state index contributed by atoms with van der Waals surface area (Å²) in [4.78, 5) is 0. The lowest BCUT2D eigenvalue weighted by Gasteiger charge is -2.12. The topological polar surface area (TPSA) is 34.4 Å². The minimum absolute atomic E-state index is 0.305. The second kappa shape index (κ2) is 6.06. The fourth-order valence-electron chi connectivity index (χ4n) is 2.16. The Labute approximate surface area is 97.2 Å². The number of furan rings is 1. The van der Waals surface area contributed by atoms with Gasteiger partial charge in [0.05, 0.1) is 18.4 Å². The molecule has 0 radical (unpaired) electrons. The van der Waals surface area contributed by atoms with Gasteiger partial charge in [0.25, 0.3) is 0 Å². The Morgan fingerprint density at radius 1 is 1.56 bits per heavy atom. The summed E-state index contributed by atoms with van der Waals surface area (Å²) >= 11 is 0. The molecule has 0 spiro atoms. The molecule has 1 aliphatic heterocycles. The van der Waals surface area contributed by atoms with Crippen molar-refractivity contribution in [1.82, 2.24) is 5.32 Å². The van der Waals surface area contributed by atoms with E-state index < -0.39 is 0 Å². The Hall–Kier alpha value is -0.800. The summed E-state index contributed by atoms with van der Waals surface area (Å²) in [6.45, 7) is 4.12. The third-order valence-electron chi connectivity index (χ3n) is 3.15. The normalized spacial score (nSPS) is 22.4. The predicted molar refractivity (Wildman–Crippen MR) is 63.3 cm³/mol. The van der Waals surface area contributed by atoms with E-state index in [-0.39, 0.29) is 0 Å². The lowest BCUT2D eigenvalue weighted by atomic mass is 10.1. The Morgan fingerprint density at radius 2 is 2.50 bits per heavy atom. The number of ether oxygens (including phenoxy) is 1. The van der Waals surface area contributed by atoms with Gasteiger partial charge in [-0.2, -0.15) is 0 Å². The van der Waals surface area contributed by atoms with Gasteiger partial charge < -0.3 is 14.5 Å². The summed E-state index contributed by atoms with van der Waals surface area (Å²) in [5, 5.41) is 3.46. The monoisotopic (exact) mass is 223 g/mol. The highest BCUT2D eigenvalue weighted by Crippen LogP contribution is 2.17. The average Bonchev–Trinajstić information content (AvgIpc) is 2.96. The minimum atomic E-state index is 0.305. The number of nitrogens with one attached hydrogen (secondary N) is 1. The molecule has 16 heavy (non-hydrogen) atoms.